The molecule has 0 aliphatic heterocycles. The zero-order valence-corrected chi connectivity index (χ0v) is 12.7. The minimum absolute atomic E-state index is 0.0296. The van der Waals surface area contributed by atoms with E-state index in [-0.39, 0.29) is 11.1 Å². The Labute approximate surface area is 120 Å². The molecule has 6 heteroatoms. The van der Waals surface area contributed by atoms with Gasteiger partial charge in [-0.2, -0.15) is 0 Å². The van der Waals surface area contributed by atoms with E-state index >= 15 is 0 Å². The van der Waals surface area contributed by atoms with E-state index in [0.717, 1.165) is 19.5 Å². The first-order valence-corrected chi connectivity index (χ1v) is 6.79. The molecule has 6 nitrogen and oxygen atoms in total. The number of esters is 1. The van der Waals surface area contributed by atoms with Crippen LogP contribution in [0.15, 0.2) is 12.4 Å². The van der Waals surface area contributed by atoms with Crippen LogP contribution in [0.5, 0.6) is 0 Å². The van der Waals surface area contributed by atoms with Gasteiger partial charge in [-0.05, 0) is 18.4 Å². The summed E-state index contributed by atoms with van der Waals surface area (Å²) in [4.78, 5) is 22.0. The standard InChI is InChI=1S/C14H24N4O2/c1-5-6-18(10-14(2,3)9-15)12-8-16-7-11(17-12)13(19)20-4/h7-8H,5-6,9-10,15H2,1-4H3. The van der Waals surface area contributed by atoms with Gasteiger partial charge in [0.2, 0.25) is 0 Å². The third-order valence-corrected chi connectivity index (χ3v) is 3.01. The first-order chi connectivity index (χ1) is 9.43. The van der Waals surface area contributed by atoms with Crippen molar-refractivity contribution in [2.24, 2.45) is 11.1 Å². The van der Waals surface area contributed by atoms with Crippen LogP contribution in [0.4, 0.5) is 5.82 Å². The molecule has 0 aromatic carbocycles. The zero-order chi connectivity index (χ0) is 15.2. The number of nitrogens with zero attached hydrogens (tertiary/aromatic N) is 3. The molecule has 0 spiro atoms. The molecular weight excluding hydrogens is 256 g/mol. The maximum Gasteiger partial charge on any atom is 0.358 e. The number of hydrogen-bond donors (Lipinski definition) is 1. The van der Waals surface area contributed by atoms with Crippen molar-refractivity contribution >= 4 is 11.8 Å². The second-order valence-electron chi connectivity index (χ2n) is 5.54. The molecular formula is C14H24N4O2. The molecule has 0 saturated heterocycles. The number of carbonyl (C=O) groups is 1. The summed E-state index contributed by atoms with van der Waals surface area (Å²) in [6.07, 6.45) is 4.05. The largest absolute Gasteiger partial charge is 0.464 e. The Kier molecular flexibility index (Phi) is 5.88. The van der Waals surface area contributed by atoms with E-state index in [1.165, 1.54) is 13.3 Å². The summed E-state index contributed by atoms with van der Waals surface area (Å²) in [5.74, 6) is 0.199. The average molecular weight is 280 g/mol. The van der Waals surface area contributed by atoms with Crippen LogP contribution in [0.1, 0.15) is 37.7 Å². The lowest BCUT2D eigenvalue weighted by molar-refractivity contribution is 0.0593. The topological polar surface area (TPSA) is 81.3 Å². The van der Waals surface area contributed by atoms with Crippen LogP contribution < -0.4 is 10.6 Å². The fourth-order valence-corrected chi connectivity index (χ4v) is 1.84. The van der Waals surface area contributed by atoms with Gasteiger partial charge in [-0.3, -0.25) is 4.98 Å². The van der Waals surface area contributed by atoms with E-state index in [9.17, 15) is 4.79 Å². The number of rotatable bonds is 7. The van der Waals surface area contributed by atoms with E-state index in [4.69, 9.17) is 5.73 Å². The van der Waals surface area contributed by atoms with Crippen molar-refractivity contribution in [2.75, 3.05) is 31.6 Å². The fraction of sp³-hybridized carbons (Fsp3) is 0.643. The number of carbonyl (C=O) groups excluding carboxylic acids is 1. The summed E-state index contributed by atoms with van der Waals surface area (Å²) in [5, 5.41) is 0. The molecule has 0 bridgehead atoms. The second kappa shape index (κ2) is 7.19. The van der Waals surface area contributed by atoms with Crippen molar-refractivity contribution in [2.45, 2.75) is 27.2 Å². The smallest absolute Gasteiger partial charge is 0.358 e. The predicted octanol–water partition coefficient (Wildman–Crippen LogP) is 1.46. The summed E-state index contributed by atoms with van der Waals surface area (Å²) in [7, 11) is 1.33. The SMILES string of the molecule is CCCN(CC(C)(C)CN)c1cncc(C(=O)OC)n1. The van der Waals surface area contributed by atoms with Crippen molar-refractivity contribution in [3.8, 4) is 0 Å². The molecule has 0 saturated carbocycles. The van der Waals surface area contributed by atoms with Gasteiger partial charge in [0.25, 0.3) is 0 Å². The predicted molar refractivity (Wildman–Crippen MR) is 78.7 cm³/mol. The van der Waals surface area contributed by atoms with E-state index < -0.39 is 5.97 Å². The Morgan fingerprint density at radius 3 is 2.70 bits per heavy atom. The highest BCUT2D eigenvalue weighted by Crippen LogP contribution is 2.20. The van der Waals surface area contributed by atoms with Crippen molar-refractivity contribution in [3.05, 3.63) is 18.1 Å². The summed E-state index contributed by atoms with van der Waals surface area (Å²) in [5.41, 5.74) is 5.98. The van der Waals surface area contributed by atoms with Gasteiger partial charge in [-0.1, -0.05) is 20.8 Å². The minimum atomic E-state index is -0.478. The highest BCUT2D eigenvalue weighted by Gasteiger charge is 2.22. The Morgan fingerprint density at radius 2 is 2.15 bits per heavy atom. The maximum absolute atomic E-state index is 11.5. The molecule has 0 radical (unpaired) electrons. The molecule has 1 rings (SSSR count). The molecule has 1 aromatic rings. The van der Waals surface area contributed by atoms with Gasteiger partial charge >= 0.3 is 5.97 Å². The van der Waals surface area contributed by atoms with Crippen LogP contribution in [0.3, 0.4) is 0 Å². The lowest BCUT2D eigenvalue weighted by atomic mass is 9.93. The number of ether oxygens (including phenoxy) is 1. The van der Waals surface area contributed by atoms with E-state index in [0.29, 0.717) is 12.4 Å². The number of nitrogens with two attached hydrogens (primary N) is 1. The summed E-state index contributed by atoms with van der Waals surface area (Å²) >= 11 is 0. The number of methoxy groups -OCH3 is 1. The molecule has 112 valence electrons. The van der Waals surface area contributed by atoms with Gasteiger partial charge < -0.3 is 15.4 Å². The first-order valence-electron chi connectivity index (χ1n) is 6.79. The minimum Gasteiger partial charge on any atom is -0.464 e. The van der Waals surface area contributed by atoms with Crippen LogP contribution in [0.25, 0.3) is 0 Å². The summed E-state index contributed by atoms with van der Waals surface area (Å²) in [6, 6.07) is 0. The van der Waals surface area contributed by atoms with Gasteiger partial charge in [0.1, 0.15) is 5.82 Å². The molecule has 0 amide bonds. The summed E-state index contributed by atoms with van der Waals surface area (Å²) in [6.45, 7) is 8.48. The lowest BCUT2D eigenvalue weighted by Crippen LogP contribution is -2.39. The quantitative estimate of drug-likeness (QED) is 0.762. The Balaban J connectivity index is 2.99. The van der Waals surface area contributed by atoms with Gasteiger partial charge in [0.05, 0.1) is 19.5 Å². The van der Waals surface area contributed by atoms with Crippen molar-refractivity contribution < 1.29 is 9.53 Å². The van der Waals surface area contributed by atoms with Crippen LogP contribution in [-0.4, -0.2) is 42.7 Å². The van der Waals surface area contributed by atoms with Crippen LogP contribution in [0, 0.1) is 5.41 Å². The van der Waals surface area contributed by atoms with Crippen LogP contribution in [-0.2, 0) is 4.74 Å². The normalized spacial score (nSPS) is 11.2. The molecule has 1 aromatic heterocycles. The molecule has 0 fully saturated rings. The first kappa shape index (κ1) is 16.4. The Bertz CT molecular complexity index is 449. The molecule has 1 heterocycles. The molecule has 0 aliphatic rings. The van der Waals surface area contributed by atoms with E-state index in [1.54, 1.807) is 6.20 Å². The lowest BCUT2D eigenvalue weighted by Gasteiger charge is -2.32. The molecule has 0 unspecified atom stereocenters. The maximum atomic E-state index is 11.5. The van der Waals surface area contributed by atoms with Crippen molar-refractivity contribution in [3.63, 3.8) is 0 Å². The number of hydrogen-bond acceptors (Lipinski definition) is 6. The van der Waals surface area contributed by atoms with Crippen molar-refractivity contribution in [1.29, 1.82) is 0 Å². The van der Waals surface area contributed by atoms with Gasteiger partial charge in [-0.25, -0.2) is 9.78 Å². The highest BCUT2D eigenvalue weighted by molar-refractivity contribution is 5.87. The third-order valence-electron chi connectivity index (χ3n) is 3.01. The molecule has 0 atom stereocenters. The Morgan fingerprint density at radius 1 is 1.45 bits per heavy atom. The van der Waals surface area contributed by atoms with Gasteiger partial charge in [0.15, 0.2) is 5.69 Å². The zero-order valence-electron chi connectivity index (χ0n) is 12.7. The molecule has 20 heavy (non-hydrogen) atoms. The van der Waals surface area contributed by atoms with Crippen LogP contribution >= 0.6 is 0 Å². The Hall–Kier alpha value is -1.69. The number of aromatic nitrogens is 2. The van der Waals surface area contributed by atoms with E-state index in [1.807, 2.05) is 0 Å². The monoisotopic (exact) mass is 280 g/mol. The molecule has 2 N–H and O–H groups in total. The third kappa shape index (κ3) is 4.45. The number of anilines is 1. The fourth-order valence-electron chi connectivity index (χ4n) is 1.84. The van der Waals surface area contributed by atoms with Crippen LogP contribution in [0.2, 0.25) is 0 Å². The van der Waals surface area contributed by atoms with Gasteiger partial charge in [-0.15, -0.1) is 0 Å². The second-order valence-corrected chi connectivity index (χ2v) is 5.54. The highest BCUT2D eigenvalue weighted by atomic mass is 16.5. The van der Waals surface area contributed by atoms with Crippen molar-refractivity contribution in [1.82, 2.24) is 9.97 Å². The average Bonchev–Trinajstić information content (AvgIpc) is 2.46. The van der Waals surface area contributed by atoms with Gasteiger partial charge in [0, 0.05) is 13.1 Å². The summed E-state index contributed by atoms with van der Waals surface area (Å²) < 4.78 is 4.67. The molecule has 0 aliphatic carbocycles. The van der Waals surface area contributed by atoms with E-state index in [2.05, 4.69) is 40.4 Å².